The minimum Gasteiger partial charge on any atom is -0.0654 e. The second kappa shape index (κ2) is 19.9. The second-order valence-corrected chi connectivity index (χ2v) is 7.86. The van der Waals surface area contributed by atoms with Crippen molar-refractivity contribution in [3.05, 3.63) is 6.42 Å². The number of isocyanates is 1. The van der Waals surface area contributed by atoms with Gasteiger partial charge in [-0.3, -0.25) is 0 Å². The molecule has 0 bridgehead atoms. The predicted octanol–water partition coefficient (Wildman–Crippen LogP) is 5.77. The van der Waals surface area contributed by atoms with Gasteiger partial charge in [-0.05, 0) is 0 Å². The Balaban J connectivity index is 3.33. The van der Waals surface area contributed by atoms with Gasteiger partial charge in [-0.15, -0.1) is 0 Å². The van der Waals surface area contributed by atoms with Crippen molar-refractivity contribution in [1.29, 1.82) is 0 Å². The molecule has 0 aliphatic rings. The van der Waals surface area contributed by atoms with Gasteiger partial charge in [-0.25, -0.2) is 0 Å². The maximum absolute atomic E-state index is 9.94. The van der Waals surface area contributed by atoms with Crippen LogP contribution in [0.5, 0.6) is 0 Å². The van der Waals surface area contributed by atoms with E-state index >= 15 is 0 Å². The van der Waals surface area contributed by atoms with Gasteiger partial charge in [0.15, 0.2) is 0 Å². The van der Waals surface area contributed by atoms with E-state index in [9.17, 15) is 4.79 Å². The predicted molar refractivity (Wildman–Crippen MR) is 94.2 cm³/mol. The standard InChI is InChI=1S/C15H30O.C4H6NO.Cr/c1-4-7-8-9-10-11-12-13-14-16-15(5-2)6-3;1-2-3-5-4-6;/h6,15H,2,4-5,7-14H2,1,3H3;1-3H2;. The molecule has 0 rings (SSSR count). The zero-order chi connectivity index (χ0) is 17.0. The molecule has 0 saturated carbocycles. The summed E-state index contributed by atoms with van der Waals surface area (Å²) in [6.45, 7) is 5.92. The molecule has 0 fully saturated rings. The molecule has 0 aromatic carbocycles. The monoisotopic (exact) mass is 362 g/mol. The number of unbranched alkanes of at least 4 members (excludes halogenated alkanes) is 7. The van der Waals surface area contributed by atoms with Crippen LogP contribution in [0, 0.1) is 6.42 Å². The van der Waals surface area contributed by atoms with Crippen LogP contribution in [-0.4, -0.2) is 25.3 Å². The van der Waals surface area contributed by atoms with Crippen LogP contribution in [0.15, 0.2) is 4.99 Å². The molecule has 4 heteroatoms. The van der Waals surface area contributed by atoms with E-state index < -0.39 is 0 Å². The Kier molecular flexibility index (Phi) is 19.8. The zero-order valence-electron chi connectivity index (χ0n) is 15.2. The Labute approximate surface area is 150 Å². The van der Waals surface area contributed by atoms with E-state index in [1.165, 1.54) is 61.9 Å². The molecular weight excluding hydrogens is 326 g/mol. The molecule has 0 N–H and O–H groups in total. The van der Waals surface area contributed by atoms with E-state index in [0.717, 1.165) is 19.4 Å². The van der Waals surface area contributed by atoms with Crippen molar-refractivity contribution in [3.8, 4) is 0 Å². The van der Waals surface area contributed by atoms with Gasteiger partial charge >= 0.3 is 137 Å². The van der Waals surface area contributed by atoms with Gasteiger partial charge in [-0.1, -0.05) is 13.3 Å². The average molecular weight is 362 g/mol. The Morgan fingerprint density at radius 2 is 1.74 bits per heavy atom. The van der Waals surface area contributed by atoms with E-state index in [-0.39, 0.29) is 0 Å². The fraction of sp³-hybridized carbons (Fsp3) is 0.895. The first-order valence-electron chi connectivity index (χ1n) is 9.37. The van der Waals surface area contributed by atoms with Crippen molar-refractivity contribution >= 4 is 6.08 Å². The summed E-state index contributed by atoms with van der Waals surface area (Å²) in [7, 11) is 0. The smallest absolute Gasteiger partial charge is 0.0654 e. The van der Waals surface area contributed by atoms with E-state index in [1.54, 1.807) is 6.08 Å². The van der Waals surface area contributed by atoms with Gasteiger partial charge in [0.2, 0.25) is 0 Å². The van der Waals surface area contributed by atoms with Crippen molar-refractivity contribution in [1.82, 2.24) is 0 Å². The first kappa shape index (κ1) is 22.9. The van der Waals surface area contributed by atoms with Crippen LogP contribution in [0.25, 0.3) is 0 Å². The van der Waals surface area contributed by atoms with Crippen LogP contribution in [0.1, 0.15) is 78.1 Å². The number of hydrogen-bond donors (Lipinski definition) is 0. The number of rotatable bonds is 18. The third kappa shape index (κ3) is 18.1. The van der Waals surface area contributed by atoms with Crippen LogP contribution in [0.4, 0.5) is 0 Å². The third-order valence-corrected chi connectivity index (χ3v) is 5.59. The molecule has 0 aromatic heterocycles. The summed E-state index contributed by atoms with van der Waals surface area (Å²) in [4.78, 5) is 13.5. The molecule has 1 radical (unpaired) electrons. The summed E-state index contributed by atoms with van der Waals surface area (Å²) in [5.41, 5.74) is 0. The molecule has 3 nitrogen and oxygen atoms in total. The normalized spacial score (nSPS) is 12.1. The van der Waals surface area contributed by atoms with E-state index in [2.05, 4.69) is 25.3 Å². The summed E-state index contributed by atoms with van der Waals surface area (Å²) < 4.78 is 5.97. The number of carbonyl (C=O) groups excluding carboxylic acids is 1. The SMILES string of the molecule is C[CH]C(C[CH2][Cr][CH2]CCN=C=O)OCCCCCCCCCC. The quantitative estimate of drug-likeness (QED) is 0.176. The summed E-state index contributed by atoms with van der Waals surface area (Å²) in [6, 6.07) is 0. The molecule has 135 valence electrons. The fourth-order valence-corrected chi connectivity index (χ4v) is 3.87. The van der Waals surface area contributed by atoms with Crippen LogP contribution in [0.2, 0.25) is 10.6 Å². The molecule has 0 aliphatic carbocycles. The Bertz CT molecular complexity index is 281. The van der Waals surface area contributed by atoms with Crippen molar-refractivity contribution in [2.75, 3.05) is 13.2 Å². The second-order valence-electron chi connectivity index (χ2n) is 5.95. The van der Waals surface area contributed by atoms with Gasteiger partial charge in [0.05, 0.1) is 0 Å². The molecule has 1 atom stereocenters. The summed E-state index contributed by atoms with van der Waals surface area (Å²) in [5, 5.41) is 2.46. The van der Waals surface area contributed by atoms with Crippen LogP contribution in [0.3, 0.4) is 0 Å². The van der Waals surface area contributed by atoms with Crippen molar-refractivity contribution in [3.63, 3.8) is 0 Å². The summed E-state index contributed by atoms with van der Waals surface area (Å²) in [6.07, 6.45) is 17.1. The van der Waals surface area contributed by atoms with Gasteiger partial charge in [0.25, 0.3) is 0 Å². The first-order chi connectivity index (χ1) is 11.3. The first-order valence-corrected chi connectivity index (χ1v) is 11.2. The molecule has 23 heavy (non-hydrogen) atoms. The molecule has 0 amide bonds. The topological polar surface area (TPSA) is 38.7 Å². The molecule has 0 aromatic rings. The van der Waals surface area contributed by atoms with Crippen molar-refractivity contribution in [2.45, 2.75) is 94.7 Å². The minimum absolute atomic E-state index is 0.328. The maximum atomic E-state index is 9.94. The molecule has 0 aliphatic heterocycles. The Morgan fingerprint density at radius 1 is 1.04 bits per heavy atom. The average Bonchev–Trinajstić information content (AvgIpc) is 2.57. The Morgan fingerprint density at radius 3 is 2.39 bits per heavy atom. The number of nitrogens with zero attached hydrogens (tertiary/aromatic N) is 1. The summed E-state index contributed by atoms with van der Waals surface area (Å²) in [5.74, 6) is 0. The van der Waals surface area contributed by atoms with Gasteiger partial charge in [0, 0.05) is 0 Å². The molecule has 0 saturated heterocycles. The number of ether oxygens (including phenoxy) is 1. The summed E-state index contributed by atoms with van der Waals surface area (Å²) >= 11 is 0.654. The van der Waals surface area contributed by atoms with E-state index in [0.29, 0.717) is 27.9 Å². The molecule has 1 unspecified atom stereocenters. The van der Waals surface area contributed by atoms with Gasteiger partial charge in [-0.2, -0.15) is 0 Å². The zero-order valence-corrected chi connectivity index (χ0v) is 16.5. The van der Waals surface area contributed by atoms with Crippen LogP contribution < -0.4 is 0 Å². The minimum atomic E-state index is 0.328. The number of hydrogen-bond acceptors (Lipinski definition) is 3. The molecular formula is C19H36CrNO2. The van der Waals surface area contributed by atoms with Gasteiger partial charge < -0.3 is 0 Å². The Hall–Kier alpha value is -0.128. The van der Waals surface area contributed by atoms with Crippen molar-refractivity contribution < 1.29 is 24.8 Å². The van der Waals surface area contributed by atoms with Crippen LogP contribution >= 0.6 is 0 Å². The number of aliphatic imine (C=N–C) groups is 1. The van der Waals surface area contributed by atoms with Crippen molar-refractivity contribution in [2.24, 2.45) is 4.99 Å². The van der Waals surface area contributed by atoms with Crippen LogP contribution in [-0.2, 0) is 24.8 Å². The molecule has 0 heterocycles. The molecule has 0 spiro atoms. The van der Waals surface area contributed by atoms with Gasteiger partial charge in [0.1, 0.15) is 0 Å². The third-order valence-electron chi connectivity index (χ3n) is 3.87. The van der Waals surface area contributed by atoms with E-state index in [4.69, 9.17) is 4.74 Å². The fourth-order valence-electron chi connectivity index (χ4n) is 2.41. The van der Waals surface area contributed by atoms with E-state index in [1.807, 2.05) is 0 Å².